The second-order valence-corrected chi connectivity index (χ2v) is 8.62. The molecule has 3 N–H and O–H groups in total. The SMILES string of the molecule is CCC(CC)(COC1=CC(C)=C(c2ccc(-c3nc(OC(C)C)n[nH]3)cn2)C(C)N1)C(=O)O. The molecule has 1 atom stereocenters. The summed E-state index contributed by atoms with van der Waals surface area (Å²) < 4.78 is 11.4. The Labute approximate surface area is 194 Å². The molecule has 0 radical (unpaired) electrons. The van der Waals surface area contributed by atoms with Gasteiger partial charge in [-0.1, -0.05) is 13.8 Å². The highest BCUT2D eigenvalue weighted by atomic mass is 16.5. The van der Waals surface area contributed by atoms with Crippen molar-refractivity contribution >= 4 is 11.5 Å². The van der Waals surface area contributed by atoms with Gasteiger partial charge in [-0.15, -0.1) is 5.10 Å². The predicted molar refractivity (Wildman–Crippen MR) is 125 cm³/mol. The molecule has 1 aliphatic rings. The molecular weight excluding hydrogens is 422 g/mol. The van der Waals surface area contributed by atoms with Crippen LogP contribution in [0.25, 0.3) is 17.0 Å². The number of nitrogens with zero attached hydrogens (tertiary/aromatic N) is 3. The number of pyridine rings is 1. The van der Waals surface area contributed by atoms with Gasteiger partial charge in [0.25, 0.3) is 0 Å². The molecule has 33 heavy (non-hydrogen) atoms. The Bertz CT molecular complexity index is 1040. The number of aromatic amines is 1. The second kappa shape index (κ2) is 10.1. The van der Waals surface area contributed by atoms with Crippen molar-refractivity contribution in [3.63, 3.8) is 0 Å². The third-order valence-electron chi connectivity index (χ3n) is 5.99. The molecule has 9 heteroatoms. The minimum Gasteiger partial charge on any atom is -0.481 e. The van der Waals surface area contributed by atoms with E-state index in [1.165, 1.54) is 0 Å². The maximum Gasteiger partial charge on any atom is 0.336 e. The molecule has 0 aromatic carbocycles. The van der Waals surface area contributed by atoms with E-state index in [2.05, 4.69) is 25.5 Å². The van der Waals surface area contributed by atoms with Crippen LogP contribution in [-0.2, 0) is 9.53 Å². The van der Waals surface area contributed by atoms with Crippen LogP contribution in [0.1, 0.15) is 60.1 Å². The van der Waals surface area contributed by atoms with Gasteiger partial charge in [-0.25, -0.2) is 0 Å². The van der Waals surface area contributed by atoms with Gasteiger partial charge in [-0.2, -0.15) is 4.98 Å². The zero-order chi connectivity index (χ0) is 24.2. The van der Waals surface area contributed by atoms with Crippen molar-refractivity contribution in [2.75, 3.05) is 6.61 Å². The summed E-state index contributed by atoms with van der Waals surface area (Å²) in [6.07, 6.45) is 4.66. The monoisotopic (exact) mass is 455 g/mol. The van der Waals surface area contributed by atoms with Crippen LogP contribution in [0, 0.1) is 5.41 Å². The van der Waals surface area contributed by atoms with E-state index in [0.717, 1.165) is 22.4 Å². The Hall–Kier alpha value is -3.36. The topological polar surface area (TPSA) is 122 Å². The Balaban J connectivity index is 1.77. The number of nitrogens with one attached hydrogen (secondary N) is 2. The van der Waals surface area contributed by atoms with Crippen molar-refractivity contribution in [1.29, 1.82) is 0 Å². The second-order valence-electron chi connectivity index (χ2n) is 8.62. The van der Waals surface area contributed by atoms with Gasteiger partial charge in [-0.05, 0) is 58.2 Å². The molecule has 3 heterocycles. The smallest absolute Gasteiger partial charge is 0.336 e. The maximum atomic E-state index is 11.7. The summed E-state index contributed by atoms with van der Waals surface area (Å²) in [6.45, 7) is 11.7. The Morgan fingerprint density at radius 1 is 1.27 bits per heavy atom. The van der Waals surface area contributed by atoms with Crippen LogP contribution in [0.3, 0.4) is 0 Å². The Kier molecular flexibility index (Phi) is 7.40. The average Bonchev–Trinajstić information content (AvgIpc) is 3.22. The van der Waals surface area contributed by atoms with E-state index in [1.807, 2.05) is 59.8 Å². The summed E-state index contributed by atoms with van der Waals surface area (Å²) in [6, 6.07) is 4.14. The molecular formula is C24H33N5O4. The largest absolute Gasteiger partial charge is 0.481 e. The normalized spacial score (nSPS) is 16.5. The number of carboxylic acids is 1. The quantitative estimate of drug-likeness (QED) is 0.488. The molecule has 9 nitrogen and oxygen atoms in total. The minimum absolute atomic E-state index is 0.00392. The maximum absolute atomic E-state index is 11.7. The zero-order valence-electron chi connectivity index (χ0n) is 20.1. The lowest BCUT2D eigenvalue weighted by atomic mass is 9.83. The number of rotatable bonds is 10. The van der Waals surface area contributed by atoms with Crippen molar-refractivity contribution < 1.29 is 19.4 Å². The molecule has 178 valence electrons. The van der Waals surface area contributed by atoms with Crippen LogP contribution in [-0.4, -0.2) is 50.0 Å². The third-order valence-corrected chi connectivity index (χ3v) is 5.99. The molecule has 3 rings (SSSR count). The van der Waals surface area contributed by atoms with Gasteiger partial charge in [0.1, 0.15) is 12.0 Å². The average molecular weight is 456 g/mol. The van der Waals surface area contributed by atoms with E-state index in [9.17, 15) is 9.90 Å². The van der Waals surface area contributed by atoms with Crippen molar-refractivity contribution in [2.24, 2.45) is 5.41 Å². The molecule has 0 bridgehead atoms. The molecule has 0 fully saturated rings. The number of aliphatic carboxylic acids is 1. The third kappa shape index (κ3) is 5.35. The summed E-state index contributed by atoms with van der Waals surface area (Å²) in [5.74, 6) is 0.339. The highest BCUT2D eigenvalue weighted by Crippen LogP contribution is 2.31. The number of aromatic nitrogens is 4. The lowest BCUT2D eigenvalue weighted by molar-refractivity contribution is -0.152. The summed E-state index contributed by atoms with van der Waals surface area (Å²) in [5, 5.41) is 19.9. The predicted octanol–water partition coefficient (Wildman–Crippen LogP) is 4.17. The number of hydrogen-bond donors (Lipinski definition) is 3. The number of allylic oxidation sites excluding steroid dienone is 2. The number of carboxylic acid groups (broad SMARTS) is 1. The van der Waals surface area contributed by atoms with Crippen LogP contribution in [0.5, 0.6) is 6.01 Å². The van der Waals surface area contributed by atoms with Gasteiger partial charge < -0.3 is 19.9 Å². The van der Waals surface area contributed by atoms with E-state index in [4.69, 9.17) is 9.47 Å². The van der Waals surface area contributed by atoms with E-state index < -0.39 is 11.4 Å². The summed E-state index contributed by atoms with van der Waals surface area (Å²) in [5.41, 5.74) is 2.82. The fourth-order valence-corrected chi connectivity index (χ4v) is 3.82. The molecule has 2 aromatic heterocycles. The van der Waals surface area contributed by atoms with Crippen LogP contribution in [0.2, 0.25) is 0 Å². The van der Waals surface area contributed by atoms with Gasteiger partial charge >= 0.3 is 12.0 Å². The van der Waals surface area contributed by atoms with Gasteiger partial charge in [0.15, 0.2) is 11.7 Å². The van der Waals surface area contributed by atoms with Gasteiger partial charge in [-0.3, -0.25) is 14.9 Å². The lowest BCUT2D eigenvalue weighted by Crippen LogP contribution is -2.38. The molecule has 0 spiro atoms. The lowest BCUT2D eigenvalue weighted by Gasteiger charge is -2.31. The van der Waals surface area contributed by atoms with Crippen molar-refractivity contribution in [1.82, 2.24) is 25.5 Å². The Morgan fingerprint density at radius 3 is 2.55 bits per heavy atom. The van der Waals surface area contributed by atoms with Gasteiger partial charge in [0.05, 0.1) is 17.8 Å². The number of dihydropyridines is 1. The van der Waals surface area contributed by atoms with E-state index in [-0.39, 0.29) is 18.8 Å². The van der Waals surface area contributed by atoms with Crippen LogP contribution < -0.4 is 10.1 Å². The van der Waals surface area contributed by atoms with Gasteiger partial charge in [0, 0.05) is 23.4 Å². The van der Waals surface area contributed by atoms with Crippen LogP contribution >= 0.6 is 0 Å². The van der Waals surface area contributed by atoms with Crippen molar-refractivity contribution in [2.45, 2.75) is 66.5 Å². The molecule has 0 amide bonds. The molecule has 0 aliphatic carbocycles. The first-order valence-corrected chi connectivity index (χ1v) is 11.3. The fourth-order valence-electron chi connectivity index (χ4n) is 3.82. The summed E-state index contributed by atoms with van der Waals surface area (Å²) >= 11 is 0. The zero-order valence-corrected chi connectivity index (χ0v) is 20.1. The molecule has 0 saturated carbocycles. The Morgan fingerprint density at radius 2 is 2.00 bits per heavy atom. The number of carbonyl (C=O) groups is 1. The first kappa shape index (κ1) is 24.3. The summed E-state index contributed by atoms with van der Waals surface area (Å²) in [7, 11) is 0. The standard InChI is InChI=1S/C24H33N5O4/c1-7-24(8-2,22(30)31)13-32-19-11-15(5)20(16(6)26-19)18-10-9-17(12-25-18)21-27-23(29-28-21)33-14(3)4/h9-12,14,16,26H,7-8,13H2,1-6H3,(H,30,31)(H,27,28,29). The highest BCUT2D eigenvalue weighted by Gasteiger charge is 2.36. The highest BCUT2D eigenvalue weighted by molar-refractivity contribution is 5.75. The number of H-pyrrole nitrogens is 1. The van der Waals surface area contributed by atoms with Crippen molar-refractivity contribution in [3.05, 3.63) is 41.6 Å². The molecule has 1 aliphatic heterocycles. The van der Waals surface area contributed by atoms with Crippen LogP contribution in [0.4, 0.5) is 0 Å². The first-order chi connectivity index (χ1) is 15.7. The number of ether oxygens (including phenoxy) is 2. The van der Waals surface area contributed by atoms with E-state index >= 15 is 0 Å². The van der Waals surface area contributed by atoms with E-state index in [1.54, 1.807) is 6.20 Å². The molecule has 2 aromatic rings. The molecule has 1 unspecified atom stereocenters. The van der Waals surface area contributed by atoms with Crippen molar-refractivity contribution in [3.8, 4) is 17.4 Å². The van der Waals surface area contributed by atoms with Crippen LogP contribution in [0.15, 0.2) is 35.9 Å². The summed E-state index contributed by atoms with van der Waals surface area (Å²) in [4.78, 5) is 20.7. The minimum atomic E-state index is -0.887. The molecule has 0 saturated heterocycles. The van der Waals surface area contributed by atoms with E-state index in [0.29, 0.717) is 30.6 Å². The first-order valence-electron chi connectivity index (χ1n) is 11.3. The van der Waals surface area contributed by atoms with Gasteiger partial charge in [0.2, 0.25) is 0 Å². The fraction of sp³-hybridized carbons (Fsp3) is 0.500. The number of hydrogen-bond acceptors (Lipinski definition) is 7.